The molecule has 1 aromatic rings. The minimum Gasteiger partial charge on any atom is -0.382 e. The van der Waals surface area contributed by atoms with Crippen LogP contribution in [0.25, 0.3) is 0 Å². The molecule has 1 saturated carbocycles. The normalized spacial score (nSPS) is 27.5. The molecule has 0 aliphatic heterocycles. The fourth-order valence-corrected chi connectivity index (χ4v) is 1.91. The lowest BCUT2D eigenvalue weighted by Gasteiger charge is -2.23. The number of nitrogens with zero attached hydrogens (tertiary/aromatic N) is 2. The van der Waals surface area contributed by atoms with Crippen molar-refractivity contribution >= 4 is 5.82 Å². The van der Waals surface area contributed by atoms with Gasteiger partial charge in [0.15, 0.2) is 0 Å². The number of nitrogens with two attached hydrogens (primary N) is 1. The average molecular weight is 195 g/mol. The number of hydrogen-bond donors (Lipinski definition) is 1. The van der Waals surface area contributed by atoms with Crippen LogP contribution in [0.4, 0.5) is 10.2 Å². The maximum Gasteiger partial charge on any atom is 0.141 e. The Morgan fingerprint density at radius 2 is 1.86 bits per heavy atom. The Bertz CT molecular complexity index is 291. The molecule has 1 aliphatic carbocycles. The Morgan fingerprint density at radius 1 is 1.14 bits per heavy atom. The first-order chi connectivity index (χ1) is 6.75. The first-order valence-electron chi connectivity index (χ1n) is 4.97. The quantitative estimate of drug-likeness (QED) is 0.746. The van der Waals surface area contributed by atoms with E-state index in [0.717, 1.165) is 18.5 Å². The van der Waals surface area contributed by atoms with Crippen LogP contribution >= 0.6 is 0 Å². The summed E-state index contributed by atoms with van der Waals surface area (Å²) in [4.78, 5) is 8.21. The highest BCUT2D eigenvalue weighted by molar-refractivity contribution is 5.23. The molecule has 2 N–H and O–H groups in total. The van der Waals surface area contributed by atoms with Crippen LogP contribution in [0.15, 0.2) is 12.4 Å². The fraction of sp³-hybridized carbons (Fsp3) is 0.600. The molecule has 1 aliphatic rings. The number of anilines is 1. The van der Waals surface area contributed by atoms with Crippen LogP contribution < -0.4 is 5.73 Å². The maximum absolute atomic E-state index is 12.9. The van der Waals surface area contributed by atoms with Gasteiger partial charge in [-0.3, -0.25) is 4.98 Å². The average Bonchev–Trinajstić information content (AvgIpc) is 2.21. The van der Waals surface area contributed by atoms with E-state index in [1.807, 2.05) is 0 Å². The van der Waals surface area contributed by atoms with Gasteiger partial charge in [0.25, 0.3) is 0 Å². The molecule has 0 atom stereocenters. The molecule has 4 heteroatoms. The zero-order chi connectivity index (χ0) is 9.97. The van der Waals surface area contributed by atoms with Crippen LogP contribution in [0.5, 0.6) is 0 Å². The summed E-state index contributed by atoms with van der Waals surface area (Å²) in [6, 6.07) is 0. The van der Waals surface area contributed by atoms with Crippen molar-refractivity contribution < 1.29 is 4.39 Å². The van der Waals surface area contributed by atoms with E-state index in [9.17, 15) is 4.39 Å². The van der Waals surface area contributed by atoms with Crippen molar-refractivity contribution in [2.45, 2.75) is 37.8 Å². The van der Waals surface area contributed by atoms with Gasteiger partial charge in [-0.05, 0) is 25.7 Å². The topological polar surface area (TPSA) is 51.8 Å². The van der Waals surface area contributed by atoms with Crippen LogP contribution in [0.1, 0.15) is 37.3 Å². The minimum atomic E-state index is -0.618. The number of hydrogen-bond acceptors (Lipinski definition) is 3. The van der Waals surface area contributed by atoms with Gasteiger partial charge in [0.05, 0.1) is 18.1 Å². The van der Waals surface area contributed by atoms with Crippen molar-refractivity contribution in [3.63, 3.8) is 0 Å². The molecule has 0 aromatic carbocycles. The Kier molecular flexibility index (Phi) is 2.61. The number of nitrogen functional groups attached to an aromatic ring is 1. The molecular weight excluding hydrogens is 181 g/mol. The summed E-state index contributed by atoms with van der Waals surface area (Å²) >= 11 is 0. The number of aromatic nitrogens is 2. The third-order valence-corrected chi connectivity index (χ3v) is 2.77. The van der Waals surface area contributed by atoms with Crippen LogP contribution in [0.3, 0.4) is 0 Å². The molecule has 1 fully saturated rings. The van der Waals surface area contributed by atoms with Gasteiger partial charge >= 0.3 is 0 Å². The molecule has 0 unspecified atom stereocenters. The standard InChI is InChI=1S/C10H14FN3/c11-8-3-1-7(2-4-8)9-5-14-10(12)6-13-9/h5-8H,1-4H2,(H2,12,14)/t7-,8-. The van der Waals surface area contributed by atoms with E-state index in [1.54, 1.807) is 12.4 Å². The molecule has 1 heterocycles. The predicted octanol–water partition coefficient (Wildman–Crippen LogP) is 2.05. The summed E-state index contributed by atoms with van der Waals surface area (Å²) < 4.78 is 12.9. The lowest BCUT2D eigenvalue weighted by molar-refractivity contribution is 0.234. The lowest BCUT2D eigenvalue weighted by Crippen LogP contribution is -2.14. The summed E-state index contributed by atoms with van der Waals surface area (Å²) in [5.74, 6) is 0.808. The highest BCUT2D eigenvalue weighted by Crippen LogP contribution is 2.32. The minimum absolute atomic E-state index is 0.370. The van der Waals surface area contributed by atoms with Crippen molar-refractivity contribution in [3.8, 4) is 0 Å². The molecule has 2 rings (SSSR count). The maximum atomic E-state index is 12.9. The van der Waals surface area contributed by atoms with Crippen molar-refractivity contribution in [1.29, 1.82) is 0 Å². The number of rotatable bonds is 1. The van der Waals surface area contributed by atoms with Gasteiger partial charge in [0.1, 0.15) is 12.0 Å². The van der Waals surface area contributed by atoms with Gasteiger partial charge < -0.3 is 5.73 Å². The second-order valence-corrected chi connectivity index (χ2v) is 3.82. The zero-order valence-electron chi connectivity index (χ0n) is 7.99. The number of halogens is 1. The Morgan fingerprint density at radius 3 is 2.43 bits per heavy atom. The summed E-state index contributed by atoms with van der Waals surface area (Å²) in [6.45, 7) is 0. The molecular formula is C10H14FN3. The van der Waals surface area contributed by atoms with Crippen molar-refractivity contribution in [1.82, 2.24) is 9.97 Å². The van der Waals surface area contributed by atoms with E-state index in [1.165, 1.54) is 0 Å². The fourth-order valence-electron chi connectivity index (χ4n) is 1.91. The predicted molar refractivity (Wildman–Crippen MR) is 52.5 cm³/mol. The lowest BCUT2D eigenvalue weighted by atomic mass is 9.86. The first-order valence-corrected chi connectivity index (χ1v) is 4.97. The Hall–Kier alpha value is -1.19. The van der Waals surface area contributed by atoms with Crippen LogP contribution in [-0.2, 0) is 0 Å². The smallest absolute Gasteiger partial charge is 0.141 e. The zero-order valence-corrected chi connectivity index (χ0v) is 7.99. The van der Waals surface area contributed by atoms with E-state index >= 15 is 0 Å². The van der Waals surface area contributed by atoms with E-state index < -0.39 is 6.17 Å². The van der Waals surface area contributed by atoms with Crippen molar-refractivity contribution in [3.05, 3.63) is 18.1 Å². The molecule has 0 spiro atoms. The van der Waals surface area contributed by atoms with Gasteiger partial charge in [-0.15, -0.1) is 0 Å². The first kappa shape index (κ1) is 9.37. The van der Waals surface area contributed by atoms with Gasteiger partial charge in [0, 0.05) is 5.92 Å². The van der Waals surface area contributed by atoms with Crippen LogP contribution in [-0.4, -0.2) is 16.1 Å². The third-order valence-electron chi connectivity index (χ3n) is 2.77. The van der Waals surface area contributed by atoms with E-state index in [0.29, 0.717) is 24.6 Å². The van der Waals surface area contributed by atoms with Crippen molar-refractivity contribution in [2.24, 2.45) is 0 Å². The Balaban J connectivity index is 2.05. The second-order valence-electron chi connectivity index (χ2n) is 3.82. The van der Waals surface area contributed by atoms with E-state index in [4.69, 9.17) is 5.73 Å². The van der Waals surface area contributed by atoms with E-state index in [-0.39, 0.29) is 0 Å². The second kappa shape index (κ2) is 3.90. The van der Waals surface area contributed by atoms with Gasteiger partial charge in [-0.25, -0.2) is 9.37 Å². The SMILES string of the molecule is Nc1cnc([C@H]2CC[C@H](F)CC2)cn1. The monoisotopic (exact) mass is 195 g/mol. The Labute approximate surface area is 82.6 Å². The third kappa shape index (κ3) is 2.00. The van der Waals surface area contributed by atoms with Gasteiger partial charge in [-0.1, -0.05) is 0 Å². The van der Waals surface area contributed by atoms with E-state index in [2.05, 4.69) is 9.97 Å². The van der Waals surface area contributed by atoms with Crippen molar-refractivity contribution in [2.75, 3.05) is 5.73 Å². The molecule has 14 heavy (non-hydrogen) atoms. The summed E-state index contributed by atoms with van der Waals surface area (Å²) in [5, 5.41) is 0. The highest BCUT2D eigenvalue weighted by atomic mass is 19.1. The summed E-state index contributed by atoms with van der Waals surface area (Å²) in [7, 11) is 0. The van der Waals surface area contributed by atoms with Gasteiger partial charge in [-0.2, -0.15) is 0 Å². The molecule has 3 nitrogen and oxygen atoms in total. The molecule has 0 bridgehead atoms. The summed E-state index contributed by atoms with van der Waals surface area (Å²) in [5.41, 5.74) is 6.39. The van der Waals surface area contributed by atoms with Gasteiger partial charge in [0.2, 0.25) is 0 Å². The molecule has 0 saturated heterocycles. The van der Waals surface area contributed by atoms with Crippen LogP contribution in [0, 0.1) is 0 Å². The molecule has 0 radical (unpaired) electrons. The summed E-state index contributed by atoms with van der Waals surface area (Å²) in [6.07, 6.45) is 5.70. The highest BCUT2D eigenvalue weighted by Gasteiger charge is 2.22. The molecule has 0 amide bonds. The number of alkyl halides is 1. The molecule has 76 valence electrons. The molecule has 1 aromatic heterocycles. The van der Waals surface area contributed by atoms with Crippen LogP contribution in [0.2, 0.25) is 0 Å². The largest absolute Gasteiger partial charge is 0.382 e.